The van der Waals surface area contributed by atoms with Gasteiger partial charge in [-0.05, 0) is 26.0 Å². The molecule has 1 unspecified atom stereocenters. The Labute approximate surface area is 195 Å². The minimum Gasteiger partial charge on any atom is -0.356 e. The number of nitrogens with zero attached hydrogens (tertiary/aromatic N) is 4. The van der Waals surface area contributed by atoms with Gasteiger partial charge in [0.25, 0.3) is 0 Å². The lowest BCUT2D eigenvalue weighted by Crippen LogP contribution is -2.47. The molecular weight excluding hydrogens is 495 g/mol. The van der Waals surface area contributed by atoms with Gasteiger partial charge in [0.05, 0.1) is 6.54 Å². The van der Waals surface area contributed by atoms with Gasteiger partial charge in [-0.25, -0.2) is 4.98 Å². The highest BCUT2D eigenvalue weighted by Crippen LogP contribution is 2.24. The number of hydrogen-bond donors (Lipinski definition) is 2. The smallest absolute Gasteiger partial charge is 0.191 e. The van der Waals surface area contributed by atoms with Gasteiger partial charge in [-0.1, -0.05) is 30.3 Å². The number of hydrogen-bond acceptors (Lipinski definition) is 5. The quantitative estimate of drug-likeness (QED) is 0.251. The molecule has 160 valence electrons. The van der Waals surface area contributed by atoms with E-state index in [-0.39, 0.29) is 24.0 Å². The molecule has 0 radical (unpaired) electrons. The summed E-state index contributed by atoms with van der Waals surface area (Å²) in [7, 11) is 4.03. The molecule has 1 aromatic heterocycles. The van der Waals surface area contributed by atoms with Crippen LogP contribution in [0.2, 0.25) is 0 Å². The molecule has 1 saturated heterocycles. The number of aliphatic imine (C=N–C) groups is 1. The maximum absolute atomic E-state index is 4.39. The van der Waals surface area contributed by atoms with Crippen molar-refractivity contribution in [1.82, 2.24) is 25.4 Å². The van der Waals surface area contributed by atoms with Gasteiger partial charge in [0, 0.05) is 56.9 Å². The molecule has 1 aromatic carbocycles. The molecule has 6 nitrogen and oxygen atoms in total. The third-order valence-corrected chi connectivity index (χ3v) is 6.01. The van der Waals surface area contributed by atoms with Crippen LogP contribution < -0.4 is 10.6 Å². The highest BCUT2D eigenvalue weighted by molar-refractivity contribution is 14.0. The number of guanidine groups is 1. The molecule has 1 atom stereocenters. The highest BCUT2D eigenvalue weighted by Gasteiger charge is 2.25. The summed E-state index contributed by atoms with van der Waals surface area (Å²) in [5.41, 5.74) is 1.42. The molecule has 1 aliphatic heterocycles. The Morgan fingerprint density at radius 2 is 2.03 bits per heavy atom. The average Bonchev–Trinajstić information content (AvgIpc) is 3.14. The third kappa shape index (κ3) is 7.51. The summed E-state index contributed by atoms with van der Waals surface area (Å²) in [6, 6.07) is 11.4. The summed E-state index contributed by atoms with van der Waals surface area (Å²) >= 11 is 1.72. The van der Waals surface area contributed by atoms with Crippen molar-refractivity contribution in [2.75, 3.05) is 46.8 Å². The Morgan fingerprint density at radius 1 is 1.24 bits per heavy atom. The number of thiazole rings is 1. The number of piperazine rings is 1. The van der Waals surface area contributed by atoms with Crippen molar-refractivity contribution in [2.24, 2.45) is 4.99 Å². The molecule has 0 bridgehead atoms. The summed E-state index contributed by atoms with van der Waals surface area (Å²) in [5, 5.41) is 7.86. The van der Waals surface area contributed by atoms with Crippen molar-refractivity contribution >= 4 is 41.3 Å². The summed E-state index contributed by atoms with van der Waals surface area (Å²) in [6.07, 6.45) is 3.00. The number of aryl methyl sites for hydroxylation is 1. The van der Waals surface area contributed by atoms with E-state index < -0.39 is 0 Å². The fourth-order valence-corrected chi connectivity index (χ4v) is 4.29. The second kappa shape index (κ2) is 12.5. The van der Waals surface area contributed by atoms with Gasteiger partial charge in [-0.15, -0.1) is 35.3 Å². The van der Waals surface area contributed by atoms with Gasteiger partial charge < -0.3 is 15.5 Å². The summed E-state index contributed by atoms with van der Waals surface area (Å²) in [4.78, 5) is 15.0. The topological polar surface area (TPSA) is 55.8 Å². The first-order valence-corrected chi connectivity index (χ1v) is 10.8. The molecule has 1 aliphatic rings. The van der Waals surface area contributed by atoms with E-state index in [2.05, 4.69) is 74.7 Å². The minimum atomic E-state index is 0. The van der Waals surface area contributed by atoms with Crippen molar-refractivity contribution in [2.45, 2.75) is 25.9 Å². The second-order valence-electron chi connectivity index (χ2n) is 7.30. The van der Waals surface area contributed by atoms with E-state index in [1.54, 1.807) is 11.3 Å². The van der Waals surface area contributed by atoms with Crippen LogP contribution in [0.5, 0.6) is 0 Å². The molecule has 0 aliphatic carbocycles. The SMILES string of the molecule is CN=C(NCCCN1CCN(C)CC1c1ccccc1)NCc1ncc(C)s1.I. The lowest BCUT2D eigenvalue weighted by molar-refractivity contribution is 0.0891. The Bertz CT molecular complexity index is 751. The molecule has 0 spiro atoms. The van der Waals surface area contributed by atoms with Crippen LogP contribution in [-0.4, -0.2) is 67.6 Å². The zero-order valence-electron chi connectivity index (χ0n) is 17.6. The molecule has 0 saturated carbocycles. The lowest BCUT2D eigenvalue weighted by Gasteiger charge is -2.40. The second-order valence-corrected chi connectivity index (χ2v) is 8.61. The lowest BCUT2D eigenvalue weighted by atomic mass is 10.0. The molecule has 2 heterocycles. The fourth-order valence-electron chi connectivity index (χ4n) is 3.57. The first kappa shape index (κ1) is 24.0. The number of likely N-dealkylation sites (N-methyl/N-ethyl adjacent to an activating group) is 1. The van der Waals surface area contributed by atoms with E-state index in [0.717, 1.165) is 50.1 Å². The fraction of sp³-hybridized carbons (Fsp3) is 0.524. The maximum atomic E-state index is 4.39. The Hall–Kier alpha value is -1.23. The van der Waals surface area contributed by atoms with Crippen molar-refractivity contribution in [3.63, 3.8) is 0 Å². The third-order valence-electron chi connectivity index (χ3n) is 5.09. The molecule has 0 amide bonds. The van der Waals surface area contributed by atoms with E-state index in [0.29, 0.717) is 12.6 Å². The Kier molecular flexibility index (Phi) is 10.3. The van der Waals surface area contributed by atoms with Crippen LogP contribution in [-0.2, 0) is 6.54 Å². The van der Waals surface area contributed by atoms with Gasteiger partial charge in [-0.3, -0.25) is 9.89 Å². The first-order chi connectivity index (χ1) is 13.7. The predicted octanol–water partition coefficient (Wildman–Crippen LogP) is 3.11. The average molecular weight is 529 g/mol. The van der Waals surface area contributed by atoms with E-state index in [1.807, 2.05) is 13.2 Å². The molecule has 2 aromatic rings. The van der Waals surface area contributed by atoms with Crippen LogP contribution in [0, 0.1) is 6.92 Å². The van der Waals surface area contributed by atoms with Crippen molar-refractivity contribution in [3.8, 4) is 0 Å². The van der Waals surface area contributed by atoms with Crippen molar-refractivity contribution in [3.05, 3.63) is 52.0 Å². The van der Waals surface area contributed by atoms with Gasteiger partial charge in [0.15, 0.2) is 5.96 Å². The highest BCUT2D eigenvalue weighted by atomic mass is 127. The monoisotopic (exact) mass is 528 g/mol. The number of halogens is 1. The summed E-state index contributed by atoms with van der Waals surface area (Å²) in [6.45, 7) is 8.13. The molecular formula is C21H33IN6S. The van der Waals surface area contributed by atoms with Gasteiger partial charge in [-0.2, -0.15) is 0 Å². The van der Waals surface area contributed by atoms with Gasteiger partial charge in [0.1, 0.15) is 5.01 Å². The molecule has 8 heteroatoms. The standard InChI is InChI=1S/C21H32N6S.HI/c1-17-14-24-20(28-17)15-25-21(22-2)23-10-7-11-27-13-12-26(3)16-19(27)18-8-5-4-6-9-18;/h4-6,8-9,14,19H,7,10-13,15-16H2,1-3H3,(H2,22,23,25);1H. The number of rotatable bonds is 7. The van der Waals surface area contributed by atoms with Gasteiger partial charge in [0.2, 0.25) is 0 Å². The van der Waals surface area contributed by atoms with E-state index in [9.17, 15) is 0 Å². The Morgan fingerprint density at radius 3 is 2.72 bits per heavy atom. The van der Waals surface area contributed by atoms with Crippen LogP contribution in [0.4, 0.5) is 0 Å². The van der Waals surface area contributed by atoms with Crippen LogP contribution in [0.1, 0.15) is 27.9 Å². The van der Waals surface area contributed by atoms with E-state index in [4.69, 9.17) is 0 Å². The number of nitrogens with one attached hydrogen (secondary N) is 2. The minimum absolute atomic E-state index is 0. The van der Waals surface area contributed by atoms with Crippen molar-refractivity contribution in [1.29, 1.82) is 0 Å². The van der Waals surface area contributed by atoms with Crippen molar-refractivity contribution < 1.29 is 0 Å². The summed E-state index contributed by atoms with van der Waals surface area (Å²) < 4.78 is 0. The number of benzene rings is 1. The van der Waals surface area contributed by atoms with E-state index >= 15 is 0 Å². The zero-order chi connectivity index (χ0) is 19.8. The number of aromatic nitrogens is 1. The Balaban J connectivity index is 0.00000300. The van der Waals surface area contributed by atoms with Crippen LogP contribution in [0.25, 0.3) is 0 Å². The first-order valence-electron chi connectivity index (χ1n) is 9.99. The van der Waals surface area contributed by atoms with Crippen LogP contribution >= 0.6 is 35.3 Å². The zero-order valence-corrected chi connectivity index (χ0v) is 20.7. The maximum Gasteiger partial charge on any atom is 0.191 e. The molecule has 1 fully saturated rings. The summed E-state index contributed by atoms with van der Waals surface area (Å²) in [5.74, 6) is 0.839. The largest absolute Gasteiger partial charge is 0.356 e. The predicted molar refractivity (Wildman–Crippen MR) is 133 cm³/mol. The van der Waals surface area contributed by atoms with Gasteiger partial charge >= 0.3 is 0 Å². The van der Waals surface area contributed by atoms with Crippen LogP contribution in [0.15, 0.2) is 41.5 Å². The molecule has 29 heavy (non-hydrogen) atoms. The van der Waals surface area contributed by atoms with E-state index in [1.165, 1.54) is 10.4 Å². The molecule has 2 N–H and O–H groups in total. The molecule has 3 rings (SSSR count). The van der Waals surface area contributed by atoms with Crippen LogP contribution in [0.3, 0.4) is 0 Å². The normalized spacial score (nSPS) is 18.3.